The summed E-state index contributed by atoms with van der Waals surface area (Å²) in [5, 5.41) is 0.246. The van der Waals surface area contributed by atoms with Crippen LogP contribution >= 0.6 is 12.2 Å². The van der Waals surface area contributed by atoms with E-state index in [9.17, 15) is 0 Å². The molecule has 1 N–H and O–H groups in total. The molecule has 0 unspecified atom stereocenters. The van der Waals surface area contributed by atoms with Gasteiger partial charge in [0, 0.05) is 12.4 Å². The average Bonchev–Trinajstić information content (AvgIpc) is 3.47. The van der Waals surface area contributed by atoms with Crippen molar-refractivity contribution in [1.82, 2.24) is 15.0 Å². The minimum Gasteiger partial charge on any atom is -0.462 e. The Kier molecular flexibility index (Phi) is 6.02. The molecule has 0 amide bonds. The summed E-state index contributed by atoms with van der Waals surface area (Å²) in [6.07, 6.45) is 2.76. The molecule has 3 fully saturated rings. The van der Waals surface area contributed by atoms with Gasteiger partial charge in [0.15, 0.2) is 17.7 Å². The number of rotatable bonds is 5. The molecular formula is C23H29N3O6S. The molecule has 1 aliphatic carbocycles. The van der Waals surface area contributed by atoms with E-state index in [0.29, 0.717) is 6.61 Å². The van der Waals surface area contributed by atoms with Crippen molar-refractivity contribution in [3.8, 4) is 0 Å². The van der Waals surface area contributed by atoms with Crippen molar-refractivity contribution in [2.24, 2.45) is 0 Å². The number of hydrogen-bond donors (Lipinski definition) is 1. The zero-order valence-corrected chi connectivity index (χ0v) is 19.9. The molecule has 1 saturated carbocycles. The van der Waals surface area contributed by atoms with Gasteiger partial charge in [0.25, 0.3) is 5.17 Å². The van der Waals surface area contributed by atoms with Crippen LogP contribution in [0, 0.1) is 0 Å². The normalized spacial score (nSPS) is 33.9. The molecule has 1 aromatic heterocycles. The fourth-order valence-corrected chi connectivity index (χ4v) is 4.90. The molecule has 3 heterocycles. The van der Waals surface area contributed by atoms with E-state index in [4.69, 9.17) is 40.7 Å². The molecule has 0 radical (unpaired) electrons. The lowest BCUT2D eigenvalue weighted by Crippen LogP contribution is -2.66. The molecule has 0 bridgehead atoms. The van der Waals surface area contributed by atoms with Crippen molar-refractivity contribution in [3.05, 3.63) is 54.6 Å². The predicted molar refractivity (Wildman–Crippen MR) is 121 cm³/mol. The average molecular weight is 476 g/mol. The number of benzene rings is 1. The first-order valence-electron chi connectivity index (χ1n) is 11.0. The van der Waals surface area contributed by atoms with Crippen molar-refractivity contribution < 1.29 is 28.5 Å². The van der Waals surface area contributed by atoms with Gasteiger partial charge in [0.2, 0.25) is 0 Å². The summed E-state index contributed by atoms with van der Waals surface area (Å²) in [4.78, 5) is 9.97. The highest BCUT2D eigenvalue weighted by Gasteiger charge is 2.64. The molecule has 10 heteroatoms. The van der Waals surface area contributed by atoms with E-state index >= 15 is 0 Å². The second-order valence-electron chi connectivity index (χ2n) is 9.37. The topological polar surface area (TPSA) is 85.2 Å². The molecule has 178 valence electrons. The van der Waals surface area contributed by atoms with Gasteiger partial charge < -0.3 is 23.7 Å². The van der Waals surface area contributed by atoms with Crippen molar-refractivity contribution >= 4 is 17.4 Å². The number of nitrogens with zero attached hydrogens (tertiary/aromatic N) is 2. The van der Waals surface area contributed by atoms with Crippen LogP contribution in [0.5, 0.6) is 0 Å². The number of aromatic nitrogens is 2. The van der Waals surface area contributed by atoms with Crippen LogP contribution in [-0.4, -0.2) is 62.9 Å². The molecule has 2 aromatic rings. The quantitative estimate of drug-likeness (QED) is 0.518. The summed E-state index contributed by atoms with van der Waals surface area (Å²) in [7, 11) is 0. The standard InChI is InChI=1S/C23H29N3O6S/c1-22(2)29-17-15(25-27-12-14-8-6-5-7-9-14)16(28-21(33)26-11-10-24-13-26)18-20(19(17)31-22)32-23(3,4)30-18/h5-11,13,15-20,25H,12H2,1-4H3/t15-,16-,17-,18+,19+,20+/m0/s1. The zero-order valence-electron chi connectivity index (χ0n) is 19.0. The largest absolute Gasteiger partial charge is 0.462 e. The Hall–Kier alpha value is -1.92. The van der Waals surface area contributed by atoms with E-state index in [1.165, 1.54) is 0 Å². The molecule has 33 heavy (non-hydrogen) atoms. The molecule has 1 aromatic carbocycles. The highest BCUT2D eigenvalue weighted by molar-refractivity contribution is 7.80. The number of ether oxygens (including phenoxy) is 5. The number of hydrogen-bond acceptors (Lipinski definition) is 9. The van der Waals surface area contributed by atoms with Gasteiger partial charge in [-0.1, -0.05) is 30.3 Å². The molecule has 9 nitrogen and oxygen atoms in total. The second-order valence-corrected chi connectivity index (χ2v) is 9.72. The third-order valence-electron chi connectivity index (χ3n) is 5.94. The van der Waals surface area contributed by atoms with Crippen molar-refractivity contribution in [1.29, 1.82) is 0 Å². The van der Waals surface area contributed by atoms with Crippen LogP contribution in [0.1, 0.15) is 33.3 Å². The van der Waals surface area contributed by atoms with Gasteiger partial charge in [0.05, 0.1) is 6.61 Å². The molecule has 3 aliphatic rings. The minimum atomic E-state index is -0.812. The summed E-state index contributed by atoms with van der Waals surface area (Å²) >= 11 is 5.54. The van der Waals surface area contributed by atoms with Gasteiger partial charge in [0.1, 0.15) is 36.8 Å². The van der Waals surface area contributed by atoms with Gasteiger partial charge in [-0.05, 0) is 45.5 Å². The molecule has 0 spiro atoms. The number of hydroxylamine groups is 1. The second kappa shape index (κ2) is 8.70. The summed E-state index contributed by atoms with van der Waals surface area (Å²) in [6, 6.07) is 9.46. The van der Waals surface area contributed by atoms with Gasteiger partial charge in [-0.25, -0.2) is 4.98 Å². The minimum absolute atomic E-state index is 0.246. The van der Waals surface area contributed by atoms with Crippen LogP contribution in [0.15, 0.2) is 49.1 Å². The Bertz CT molecular complexity index is 970. The van der Waals surface area contributed by atoms with E-state index in [2.05, 4.69) is 10.5 Å². The maximum atomic E-state index is 6.31. The van der Waals surface area contributed by atoms with E-state index in [0.717, 1.165) is 5.56 Å². The van der Waals surface area contributed by atoms with E-state index in [1.54, 1.807) is 23.3 Å². The first-order valence-corrected chi connectivity index (χ1v) is 11.4. The van der Waals surface area contributed by atoms with Crippen LogP contribution in [0.4, 0.5) is 0 Å². The fourth-order valence-electron chi connectivity index (χ4n) is 4.68. The highest BCUT2D eigenvalue weighted by Crippen LogP contribution is 2.45. The maximum Gasteiger partial charge on any atom is 0.269 e. The van der Waals surface area contributed by atoms with Crippen LogP contribution in [-0.2, 0) is 35.1 Å². The van der Waals surface area contributed by atoms with Gasteiger partial charge >= 0.3 is 0 Å². The smallest absolute Gasteiger partial charge is 0.269 e. The summed E-state index contributed by atoms with van der Waals surface area (Å²) in [5.41, 5.74) is 4.20. The van der Waals surface area contributed by atoms with E-state index < -0.39 is 42.0 Å². The number of thiocarbonyl (C=S) groups is 1. The predicted octanol–water partition coefficient (Wildman–Crippen LogP) is 2.55. The monoisotopic (exact) mass is 475 g/mol. The zero-order chi connectivity index (χ0) is 23.2. The van der Waals surface area contributed by atoms with Crippen molar-refractivity contribution in [2.75, 3.05) is 0 Å². The molecular weight excluding hydrogens is 446 g/mol. The van der Waals surface area contributed by atoms with Crippen LogP contribution in [0.2, 0.25) is 0 Å². The third-order valence-corrected chi connectivity index (χ3v) is 6.24. The first-order chi connectivity index (χ1) is 15.7. The van der Waals surface area contributed by atoms with Gasteiger partial charge in [-0.15, -0.1) is 0 Å². The Balaban J connectivity index is 1.42. The lowest BCUT2D eigenvalue weighted by molar-refractivity contribution is -0.180. The molecule has 2 aliphatic heterocycles. The molecule has 2 saturated heterocycles. The van der Waals surface area contributed by atoms with Gasteiger partial charge in [-0.3, -0.25) is 9.40 Å². The number of imidazole rings is 1. The van der Waals surface area contributed by atoms with Crippen molar-refractivity contribution in [3.63, 3.8) is 0 Å². The van der Waals surface area contributed by atoms with Crippen LogP contribution in [0.3, 0.4) is 0 Å². The lowest BCUT2D eigenvalue weighted by Gasteiger charge is -2.42. The number of nitrogens with one attached hydrogen (secondary N) is 1. The van der Waals surface area contributed by atoms with Gasteiger partial charge in [-0.2, -0.15) is 5.48 Å². The third kappa shape index (κ3) is 4.69. The van der Waals surface area contributed by atoms with Crippen LogP contribution in [0.25, 0.3) is 0 Å². The SMILES string of the molecule is CC1(C)O[C@@H]2[C@H](O1)[C@@H](OC(=S)n1ccnc1)[C@H](NOCc1ccccc1)[C@@H]1OC(C)(C)O[C@@H]21. The first kappa shape index (κ1) is 22.9. The summed E-state index contributed by atoms with van der Waals surface area (Å²) in [6.45, 7) is 7.89. The summed E-state index contributed by atoms with van der Waals surface area (Å²) in [5.74, 6) is -1.61. The van der Waals surface area contributed by atoms with E-state index in [1.807, 2.05) is 58.0 Å². The fraction of sp³-hybridized carbons (Fsp3) is 0.565. The lowest BCUT2D eigenvalue weighted by atomic mass is 9.83. The Morgan fingerprint density at radius 1 is 1.00 bits per heavy atom. The highest BCUT2D eigenvalue weighted by atomic mass is 32.1. The van der Waals surface area contributed by atoms with Crippen LogP contribution < -0.4 is 5.48 Å². The maximum absolute atomic E-state index is 6.31. The Morgan fingerprint density at radius 2 is 1.64 bits per heavy atom. The Labute approximate surface area is 198 Å². The Morgan fingerprint density at radius 3 is 2.30 bits per heavy atom. The number of fused-ring (bicyclic) bond motifs is 3. The van der Waals surface area contributed by atoms with E-state index in [-0.39, 0.29) is 11.3 Å². The van der Waals surface area contributed by atoms with Crippen molar-refractivity contribution in [2.45, 2.75) is 82.4 Å². The molecule has 5 rings (SSSR count). The molecule has 6 atom stereocenters. The summed E-state index contributed by atoms with van der Waals surface area (Å²) < 4.78 is 33.0.